The number of aromatic nitrogens is 2. The summed E-state index contributed by atoms with van der Waals surface area (Å²) < 4.78 is 0. The van der Waals surface area contributed by atoms with Gasteiger partial charge in [0.1, 0.15) is 66.5 Å². The fourth-order valence-electron chi connectivity index (χ4n) is 13.4. The Morgan fingerprint density at radius 2 is 0.730 bits per heavy atom. The molecule has 0 radical (unpaired) electrons. The Kier molecular flexibility index (Phi) is 44.2. The number of unbranched alkanes of at least 4 members (excludes halogenated alkanes) is 3. The maximum absolute atomic E-state index is 15.0. The zero-order valence-electron chi connectivity index (χ0n) is 69.4. The predicted octanol–water partition coefficient (Wildman–Crippen LogP) is -2.72. The molecule has 13 atom stereocenters. The summed E-state index contributed by atoms with van der Waals surface area (Å²) in [5.41, 5.74) is 49.4. The third kappa shape index (κ3) is 35.0. The van der Waals surface area contributed by atoms with E-state index >= 15 is 0 Å². The largest absolute Gasteiger partial charge is 0.480 e. The van der Waals surface area contributed by atoms with Gasteiger partial charge in [-0.1, -0.05) is 87.0 Å². The van der Waals surface area contributed by atoms with Crippen molar-refractivity contribution in [3.05, 3.63) is 108 Å². The normalized spacial score (nSPS) is 14.4. The number of nitrogens with one attached hydrogen (secondary N) is 17. The van der Waals surface area contributed by atoms with Crippen LogP contribution >= 0.6 is 11.8 Å². The molecule has 0 saturated heterocycles. The average Bonchev–Trinajstić information content (AvgIpc) is 1.69. The number of H-pyrrole nitrogens is 2. The van der Waals surface area contributed by atoms with Gasteiger partial charge in [0.05, 0.1) is 12.5 Å². The third-order valence-corrected chi connectivity index (χ3v) is 21.1. The molecule has 0 aliphatic rings. The Hall–Kier alpha value is -12.0. The summed E-state index contributed by atoms with van der Waals surface area (Å²) in [6, 6.07) is 5.06. The SMILES string of the molecule is CC[C@H](C)[C@H](N)C(=O)N[C@@H](Cc1c[nH]c2ccccc12)C(=O)N[C@@H](Cc1ccccc1)C(=O)N[C@@H](CCC(N)=O)C(=O)N[C@@H](CC(N)=O)C(=O)N[C@@H](CCCNC(=N)N)C(=O)N[C@@H](CCCNC(=N)N)C(=O)N[C@@H](CCSC)C(=O)N[C@@H](CCCCN)C(=O)N[C@@H](Cc1c[nH]c2ccccc12)C(=O)N[C@@H](CCCCN)C(=O)N[C@@H](CCCCN)C(=O)O. The number of aromatic amines is 2. The molecule has 2 heterocycles. The number of benzene rings is 3. The fourth-order valence-corrected chi connectivity index (χ4v) is 13.8. The van der Waals surface area contributed by atoms with Crippen molar-refractivity contribution in [2.45, 2.75) is 221 Å². The summed E-state index contributed by atoms with van der Waals surface area (Å²) in [7, 11) is 0. The third-order valence-electron chi connectivity index (χ3n) is 20.5. The molecule has 0 spiro atoms. The molecule has 13 amide bonds. The van der Waals surface area contributed by atoms with Crippen LogP contribution in [0.15, 0.2) is 91.3 Å². The summed E-state index contributed by atoms with van der Waals surface area (Å²) in [4.78, 5) is 206. The van der Waals surface area contributed by atoms with Gasteiger partial charge in [0.25, 0.3) is 0 Å². The van der Waals surface area contributed by atoms with Crippen molar-refractivity contribution < 1.29 is 72.2 Å². The zero-order chi connectivity index (χ0) is 89.8. The van der Waals surface area contributed by atoms with E-state index in [1.165, 1.54) is 11.8 Å². The average molecular weight is 1720 g/mol. The van der Waals surface area contributed by atoms with Crippen LogP contribution in [0.4, 0.5) is 0 Å². The summed E-state index contributed by atoms with van der Waals surface area (Å²) >= 11 is 1.30. The lowest BCUT2D eigenvalue weighted by Gasteiger charge is -2.28. The van der Waals surface area contributed by atoms with Crippen LogP contribution in [-0.4, -0.2) is 227 Å². The minimum atomic E-state index is -1.95. The number of para-hydroxylation sites is 2. The van der Waals surface area contributed by atoms with Crippen molar-refractivity contribution >= 4 is 128 Å². The molecule has 5 rings (SSSR count). The van der Waals surface area contributed by atoms with Gasteiger partial charge in [0, 0.05) is 73.0 Å². The molecule has 5 aromatic rings. The number of nitrogens with two attached hydrogens (primary N) is 8. The van der Waals surface area contributed by atoms with E-state index in [-0.39, 0.29) is 115 Å². The number of guanidine groups is 2. The van der Waals surface area contributed by atoms with Gasteiger partial charge in [0.2, 0.25) is 76.8 Å². The van der Waals surface area contributed by atoms with Gasteiger partial charge in [-0.2, -0.15) is 11.8 Å². The van der Waals surface area contributed by atoms with Crippen LogP contribution in [0.5, 0.6) is 0 Å². The Morgan fingerprint density at radius 3 is 1.11 bits per heavy atom. The standard InChI is InChI=1S/C81H125N25O15S/c1-4-46(2)67(87)78(119)106-63(42-49-45-95-53-25-11-9-23-51(49)53)76(117)103-61(40-47-20-6-5-7-21-47)74(115)100-58(31-32-65(85)107)72(113)105-64(43-66(86)108)77(118)99-57(30-19-38-93-81(90)91)68(109)97-56(29-18-37-92-80(88)89)69(110)101-59(33-39-122-3)73(114)96-55(27-13-16-35-83)71(112)104-62(41-48-44-94-52-24-10-8-22-50(48)52)75(116)98-54(26-12-15-34-82)70(111)102-60(79(120)121)28-14-17-36-84/h5-11,20-25,44-46,54-64,67,94-95H,4,12-19,26-43,82-84,87H2,1-3H3,(H2,85,107)(H2,86,108)(H,96,114)(H,97,109)(H,98,116)(H,99,118)(H,100,115)(H,101,110)(H,102,111)(H,103,117)(H,104,112)(H,105,113)(H,106,119)(H,120,121)(H4,88,89,92)(H4,90,91,93)/t46-,54-,55-,56-,57-,58-,59-,60-,61-,62-,63-,64-,67-/m0/s1. The Labute approximate surface area is 712 Å². The highest BCUT2D eigenvalue weighted by atomic mass is 32.2. The molecule has 0 unspecified atom stereocenters. The molecule has 0 saturated carbocycles. The summed E-state index contributed by atoms with van der Waals surface area (Å²) in [5.74, 6) is -14.6. The van der Waals surface area contributed by atoms with Gasteiger partial charge in [0.15, 0.2) is 11.9 Å². The van der Waals surface area contributed by atoms with Crippen molar-refractivity contribution in [2.75, 3.05) is 44.7 Å². The number of carboxylic acids is 1. The molecule has 3 aromatic carbocycles. The van der Waals surface area contributed by atoms with Crippen LogP contribution in [0.1, 0.15) is 146 Å². The van der Waals surface area contributed by atoms with Crippen LogP contribution in [-0.2, 0) is 86.4 Å². The lowest BCUT2D eigenvalue weighted by Crippen LogP contribution is -2.61. The Morgan fingerprint density at radius 1 is 0.402 bits per heavy atom. The number of carboxylic acid groups (broad SMARTS) is 1. The quantitative estimate of drug-likeness (QED) is 0.0107. The van der Waals surface area contributed by atoms with E-state index in [2.05, 4.69) is 79.1 Å². The molecule has 34 N–H and O–H groups in total. The predicted molar refractivity (Wildman–Crippen MR) is 463 cm³/mol. The highest BCUT2D eigenvalue weighted by Crippen LogP contribution is 2.23. The van der Waals surface area contributed by atoms with E-state index in [0.29, 0.717) is 72.7 Å². The molecule has 0 fully saturated rings. The first kappa shape index (κ1) is 101. The highest BCUT2D eigenvalue weighted by Gasteiger charge is 2.39. The Balaban J connectivity index is 1.46. The number of aliphatic carboxylic acids is 1. The van der Waals surface area contributed by atoms with E-state index in [9.17, 15) is 72.2 Å². The molecule has 0 aliphatic carbocycles. The van der Waals surface area contributed by atoms with Crippen LogP contribution in [0.2, 0.25) is 0 Å². The molecule has 2 aromatic heterocycles. The molecule has 122 heavy (non-hydrogen) atoms. The molecule has 0 bridgehead atoms. The van der Waals surface area contributed by atoms with Crippen molar-refractivity contribution in [1.29, 1.82) is 10.8 Å². The molecule has 0 aliphatic heterocycles. The second-order valence-electron chi connectivity index (χ2n) is 30.0. The second kappa shape index (κ2) is 53.6. The van der Waals surface area contributed by atoms with E-state index < -0.39 is 186 Å². The van der Waals surface area contributed by atoms with Crippen molar-refractivity contribution in [3.8, 4) is 0 Å². The topological polar surface area (TPSA) is 703 Å². The number of hydrogen-bond donors (Lipinski definition) is 26. The monoisotopic (exact) mass is 1720 g/mol. The smallest absolute Gasteiger partial charge is 0.326 e. The molecule has 670 valence electrons. The number of hydrogen-bond acceptors (Lipinski definition) is 21. The van der Waals surface area contributed by atoms with Crippen molar-refractivity contribution in [3.63, 3.8) is 0 Å². The second-order valence-corrected chi connectivity index (χ2v) is 31.0. The fraction of sp³-hybridized carbons (Fsp3) is 0.531. The van der Waals surface area contributed by atoms with Gasteiger partial charge in [-0.15, -0.1) is 0 Å². The first-order valence-corrected chi connectivity index (χ1v) is 42.5. The van der Waals surface area contributed by atoms with E-state index in [4.69, 9.17) is 56.7 Å². The highest BCUT2D eigenvalue weighted by molar-refractivity contribution is 7.98. The molecular formula is C81H125N25O15S. The number of primary amides is 2. The number of amides is 13. The first-order valence-electron chi connectivity index (χ1n) is 41.1. The number of carbonyl (C=O) groups is 14. The Bertz CT molecular complexity index is 4300. The number of carbonyl (C=O) groups excluding carboxylic acids is 13. The van der Waals surface area contributed by atoms with E-state index in [1.54, 1.807) is 86.2 Å². The van der Waals surface area contributed by atoms with Crippen LogP contribution < -0.4 is 115 Å². The van der Waals surface area contributed by atoms with Gasteiger partial charge in [-0.3, -0.25) is 73.1 Å². The maximum Gasteiger partial charge on any atom is 0.326 e. The lowest BCUT2D eigenvalue weighted by molar-refractivity contribution is -0.142. The number of fused-ring (bicyclic) bond motifs is 2. The summed E-state index contributed by atoms with van der Waals surface area (Å²) in [5, 5.41) is 61.5. The van der Waals surface area contributed by atoms with E-state index in [0.717, 1.165) is 10.9 Å². The zero-order valence-corrected chi connectivity index (χ0v) is 70.3. The molecule has 40 nitrogen and oxygen atoms in total. The van der Waals surface area contributed by atoms with Gasteiger partial charge in [-0.25, -0.2) is 4.79 Å². The van der Waals surface area contributed by atoms with Gasteiger partial charge in [-0.05, 0) is 163 Å². The maximum atomic E-state index is 15.0. The lowest BCUT2D eigenvalue weighted by atomic mass is 9.97. The summed E-state index contributed by atoms with van der Waals surface area (Å²) in [6.07, 6.45) is 4.86. The van der Waals surface area contributed by atoms with Gasteiger partial charge < -0.3 is 130 Å². The van der Waals surface area contributed by atoms with Crippen molar-refractivity contribution in [2.24, 2.45) is 51.8 Å². The number of rotatable bonds is 59. The van der Waals surface area contributed by atoms with Crippen LogP contribution in [0, 0.1) is 16.7 Å². The van der Waals surface area contributed by atoms with Crippen LogP contribution in [0.3, 0.4) is 0 Å². The molecular weight excluding hydrogens is 1600 g/mol. The number of thioether (sulfide) groups is 1. The van der Waals surface area contributed by atoms with Crippen LogP contribution in [0.25, 0.3) is 21.8 Å². The first-order chi connectivity index (χ1) is 58.3. The van der Waals surface area contributed by atoms with Gasteiger partial charge >= 0.3 is 5.97 Å². The molecule has 41 heteroatoms. The van der Waals surface area contributed by atoms with E-state index in [1.807, 2.05) is 25.1 Å². The minimum Gasteiger partial charge on any atom is -0.480 e. The summed E-state index contributed by atoms with van der Waals surface area (Å²) in [6.45, 7) is 4.26. The minimum absolute atomic E-state index is 0.0187. The van der Waals surface area contributed by atoms with Crippen molar-refractivity contribution in [1.82, 2.24) is 79.1 Å².